The first-order chi connectivity index (χ1) is 8.74. The molecule has 0 aromatic heterocycles. The first-order valence-corrected chi connectivity index (χ1v) is 7.43. The molecule has 2 heterocycles. The maximum Gasteiger partial charge on any atom is 0.0472 e. The molecule has 0 spiro atoms. The molecule has 0 amide bonds. The summed E-state index contributed by atoms with van der Waals surface area (Å²) in [6.07, 6.45) is 2.43. The first-order valence-electron chi connectivity index (χ1n) is 7.43. The van der Waals surface area contributed by atoms with E-state index in [9.17, 15) is 0 Å². The van der Waals surface area contributed by atoms with Gasteiger partial charge in [0, 0.05) is 52.5 Å². The number of ether oxygens (including phenoxy) is 1. The minimum atomic E-state index is 0.449. The smallest absolute Gasteiger partial charge is 0.0472 e. The Balaban J connectivity index is 1.87. The molecular formula is C14H29N3O. The average molecular weight is 255 g/mol. The van der Waals surface area contributed by atoms with Gasteiger partial charge in [0.15, 0.2) is 0 Å². The van der Waals surface area contributed by atoms with E-state index in [-0.39, 0.29) is 0 Å². The van der Waals surface area contributed by atoms with E-state index in [2.05, 4.69) is 29.1 Å². The zero-order valence-corrected chi connectivity index (χ0v) is 12.1. The van der Waals surface area contributed by atoms with Gasteiger partial charge in [0.05, 0.1) is 0 Å². The molecule has 2 fully saturated rings. The second-order valence-electron chi connectivity index (χ2n) is 5.97. The topological polar surface area (TPSA) is 27.7 Å². The number of rotatable bonds is 5. The van der Waals surface area contributed by atoms with Gasteiger partial charge in [0.1, 0.15) is 0 Å². The normalized spacial score (nSPS) is 26.3. The standard InChI is InChI=1S/C14H29N3O/c1-3-15-12-14(4-10-18-11-5-14)13-17-8-6-16(2)7-9-17/h15H,3-13H2,1-2H3. The zero-order chi connectivity index (χ0) is 12.8. The van der Waals surface area contributed by atoms with E-state index in [0.717, 1.165) is 26.3 Å². The van der Waals surface area contributed by atoms with Crippen molar-refractivity contribution in [1.29, 1.82) is 0 Å². The number of likely N-dealkylation sites (N-methyl/N-ethyl adjacent to an activating group) is 1. The third kappa shape index (κ3) is 3.92. The summed E-state index contributed by atoms with van der Waals surface area (Å²) in [6, 6.07) is 0. The second kappa shape index (κ2) is 6.85. The van der Waals surface area contributed by atoms with Crippen LogP contribution >= 0.6 is 0 Å². The highest BCUT2D eigenvalue weighted by molar-refractivity contribution is 4.88. The molecule has 2 aliphatic rings. The van der Waals surface area contributed by atoms with Crippen LogP contribution in [0.5, 0.6) is 0 Å². The van der Waals surface area contributed by atoms with Crippen LogP contribution in [0.3, 0.4) is 0 Å². The molecule has 0 bridgehead atoms. The summed E-state index contributed by atoms with van der Waals surface area (Å²) in [5, 5.41) is 3.56. The molecule has 0 saturated carbocycles. The van der Waals surface area contributed by atoms with E-state index in [4.69, 9.17) is 4.74 Å². The van der Waals surface area contributed by atoms with Crippen LogP contribution in [0.4, 0.5) is 0 Å². The van der Waals surface area contributed by atoms with Gasteiger partial charge in [-0.3, -0.25) is 0 Å². The van der Waals surface area contributed by atoms with Crippen molar-refractivity contribution in [3.63, 3.8) is 0 Å². The van der Waals surface area contributed by atoms with E-state index in [1.54, 1.807) is 0 Å². The summed E-state index contributed by atoms with van der Waals surface area (Å²) >= 11 is 0. The SMILES string of the molecule is CCNCC1(CN2CCN(C)CC2)CCOCC1. The molecule has 0 unspecified atom stereocenters. The van der Waals surface area contributed by atoms with Gasteiger partial charge in [-0.15, -0.1) is 0 Å². The van der Waals surface area contributed by atoms with E-state index in [0.29, 0.717) is 5.41 Å². The average Bonchev–Trinajstić information content (AvgIpc) is 2.40. The number of hydrogen-bond donors (Lipinski definition) is 1. The molecule has 4 nitrogen and oxygen atoms in total. The zero-order valence-electron chi connectivity index (χ0n) is 12.1. The summed E-state index contributed by atoms with van der Waals surface area (Å²) in [4.78, 5) is 5.08. The van der Waals surface area contributed by atoms with Crippen molar-refractivity contribution in [2.24, 2.45) is 5.41 Å². The fraction of sp³-hybridized carbons (Fsp3) is 1.00. The van der Waals surface area contributed by atoms with E-state index >= 15 is 0 Å². The fourth-order valence-electron chi connectivity index (χ4n) is 3.07. The molecular weight excluding hydrogens is 226 g/mol. The quantitative estimate of drug-likeness (QED) is 0.780. The van der Waals surface area contributed by atoms with Gasteiger partial charge in [-0.25, -0.2) is 0 Å². The van der Waals surface area contributed by atoms with E-state index in [1.165, 1.54) is 45.6 Å². The molecule has 0 radical (unpaired) electrons. The molecule has 2 aliphatic heterocycles. The summed E-state index contributed by atoms with van der Waals surface area (Å²) in [5.74, 6) is 0. The van der Waals surface area contributed by atoms with Gasteiger partial charge in [-0.1, -0.05) is 6.92 Å². The van der Waals surface area contributed by atoms with Gasteiger partial charge in [-0.2, -0.15) is 0 Å². The third-order valence-electron chi connectivity index (χ3n) is 4.46. The third-order valence-corrected chi connectivity index (χ3v) is 4.46. The van der Waals surface area contributed by atoms with Crippen molar-refractivity contribution in [3.8, 4) is 0 Å². The molecule has 4 heteroatoms. The molecule has 0 atom stereocenters. The van der Waals surface area contributed by atoms with Crippen LogP contribution in [0.25, 0.3) is 0 Å². The predicted molar refractivity (Wildman–Crippen MR) is 75.0 cm³/mol. The van der Waals surface area contributed by atoms with Crippen molar-refractivity contribution < 1.29 is 4.74 Å². The Hall–Kier alpha value is -0.160. The summed E-state index contributed by atoms with van der Waals surface area (Å²) in [6.45, 7) is 12.4. The largest absolute Gasteiger partial charge is 0.381 e. The molecule has 1 N–H and O–H groups in total. The minimum Gasteiger partial charge on any atom is -0.381 e. The van der Waals surface area contributed by atoms with Crippen molar-refractivity contribution in [2.45, 2.75) is 19.8 Å². The van der Waals surface area contributed by atoms with Gasteiger partial charge in [-0.05, 0) is 31.8 Å². The van der Waals surface area contributed by atoms with Crippen LogP contribution in [0.1, 0.15) is 19.8 Å². The van der Waals surface area contributed by atoms with Gasteiger partial charge in [0.25, 0.3) is 0 Å². The first kappa shape index (κ1) is 14.3. The summed E-state index contributed by atoms with van der Waals surface area (Å²) in [5.41, 5.74) is 0.449. The summed E-state index contributed by atoms with van der Waals surface area (Å²) < 4.78 is 5.56. The molecule has 18 heavy (non-hydrogen) atoms. The van der Waals surface area contributed by atoms with Crippen LogP contribution in [0, 0.1) is 5.41 Å². The van der Waals surface area contributed by atoms with Gasteiger partial charge < -0.3 is 19.9 Å². The molecule has 2 rings (SSSR count). The van der Waals surface area contributed by atoms with E-state index < -0.39 is 0 Å². The molecule has 0 aromatic rings. The minimum absolute atomic E-state index is 0.449. The van der Waals surface area contributed by atoms with E-state index in [1.807, 2.05) is 0 Å². The van der Waals surface area contributed by atoms with Crippen molar-refractivity contribution in [3.05, 3.63) is 0 Å². The van der Waals surface area contributed by atoms with Crippen molar-refractivity contribution >= 4 is 0 Å². The summed E-state index contributed by atoms with van der Waals surface area (Å²) in [7, 11) is 2.22. The molecule has 2 saturated heterocycles. The maximum absolute atomic E-state index is 5.56. The van der Waals surface area contributed by atoms with Gasteiger partial charge >= 0.3 is 0 Å². The highest BCUT2D eigenvalue weighted by Gasteiger charge is 2.34. The highest BCUT2D eigenvalue weighted by Crippen LogP contribution is 2.31. The maximum atomic E-state index is 5.56. The number of nitrogens with one attached hydrogen (secondary N) is 1. The lowest BCUT2D eigenvalue weighted by Gasteiger charge is -2.43. The van der Waals surface area contributed by atoms with Crippen molar-refractivity contribution in [1.82, 2.24) is 15.1 Å². The monoisotopic (exact) mass is 255 g/mol. The van der Waals surface area contributed by atoms with Crippen LogP contribution in [-0.4, -0.2) is 75.9 Å². The lowest BCUT2D eigenvalue weighted by molar-refractivity contribution is -0.0107. The molecule has 0 aliphatic carbocycles. The van der Waals surface area contributed by atoms with Crippen LogP contribution < -0.4 is 5.32 Å². The number of nitrogens with zero attached hydrogens (tertiary/aromatic N) is 2. The lowest BCUT2D eigenvalue weighted by atomic mass is 9.79. The Labute approximate surface area is 112 Å². The predicted octanol–water partition coefficient (Wildman–Crippen LogP) is 0.640. The lowest BCUT2D eigenvalue weighted by Crippen LogP contribution is -2.52. The fourth-order valence-corrected chi connectivity index (χ4v) is 3.07. The molecule has 0 aromatic carbocycles. The van der Waals surface area contributed by atoms with Gasteiger partial charge in [0.2, 0.25) is 0 Å². The van der Waals surface area contributed by atoms with Crippen molar-refractivity contribution in [2.75, 3.05) is 66.1 Å². The number of hydrogen-bond acceptors (Lipinski definition) is 4. The Kier molecular flexibility index (Phi) is 5.42. The number of piperazine rings is 1. The van der Waals surface area contributed by atoms with Crippen LogP contribution in [0.2, 0.25) is 0 Å². The Morgan fingerprint density at radius 3 is 2.39 bits per heavy atom. The highest BCUT2D eigenvalue weighted by atomic mass is 16.5. The molecule has 106 valence electrons. The second-order valence-corrected chi connectivity index (χ2v) is 5.97. The Morgan fingerprint density at radius 2 is 1.78 bits per heavy atom. The van der Waals surface area contributed by atoms with Crippen LogP contribution in [0.15, 0.2) is 0 Å². The Bertz CT molecular complexity index is 233. The van der Waals surface area contributed by atoms with Crippen LogP contribution in [-0.2, 0) is 4.74 Å². The Morgan fingerprint density at radius 1 is 1.11 bits per heavy atom.